The van der Waals surface area contributed by atoms with Crippen molar-refractivity contribution in [2.75, 3.05) is 0 Å². The molecule has 0 spiro atoms. The van der Waals surface area contributed by atoms with Gasteiger partial charge in [0.15, 0.2) is 11.8 Å². The van der Waals surface area contributed by atoms with E-state index in [0.29, 0.717) is 12.5 Å². The molecule has 6 heteroatoms. The minimum absolute atomic E-state index is 0.0475. The lowest BCUT2D eigenvalue weighted by Gasteiger charge is -2.29. The Morgan fingerprint density at radius 2 is 1.81 bits per heavy atom. The number of hydrogen-bond acceptors (Lipinski definition) is 5. The quantitative estimate of drug-likeness (QED) is 0.353. The van der Waals surface area contributed by atoms with Crippen molar-refractivity contribution in [3.8, 4) is 5.75 Å². The van der Waals surface area contributed by atoms with E-state index in [2.05, 4.69) is 16.2 Å². The number of nitrogens with zero attached hydrogens (tertiary/aromatic N) is 2. The Bertz CT molecular complexity index is 1090. The maximum atomic E-state index is 11.1. The molecular weight excluding hydrogens is 404 g/mol. The number of aromatic nitrogens is 1. The minimum atomic E-state index is -1.07. The van der Waals surface area contributed by atoms with Crippen LogP contribution < -0.4 is 4.74 Å². The van der Waals surface area contributed by atoms with Crippen LogP contribution >= 0.6 is 0 Å². The number of rotatable bonds is 8. The molecule has 0 bridgehead atoms. The summed E-state index contributed by atoms with van der Waals surface area (Å²) in [5.74, 6) is -0.00238. The summed E-state index contributed by atoms with van der Waals surface area (Å²) in [6, 6.07) is 19.8. The topological polar surface area (TPSA) is 81.0 Å². The van der Waals surface area contributed by atoms with Crippen LogP contribution in [0.15, 0.2) is 65.8 Å². The number of ether oxygens (including phenoxy) is 1. The van der Waals surface area contributed by atoms with E-state index in [1.165, 1.54) is 13.3 Å². The number of aliphatic carboxylic acids is 1. The molecule has 3 aromatic rings. The average molecular weight is 433 g/mol. The van der Waals surface area contributed by atoms with Gasteiger partial charge in [0.05, 0.1) is 11.2 Å². The van der Waals surface area contributed by atoms with Crippen LogP contribution in [0.5, 0.6) is 5.75 Å². The molecule has 1 aromatic heterocycles. The van der Waals surface area contributed by atoms with Crippen LogP contribution in [-0.2, 0) is 16.2 Å². The highest BCUT2D eigenvalue weighted by atomic mass is 16.6. The number of carboxylic acid groups (broad SMARTS) is 1. The van der Waals surface area contributed by atoms with E-state index in [9.17, 15) is 4.79 Å². The number of fused-ring (bicyclic) bond motifs is 1. The number of carboxylic acids is 1. The summed E-state index contributed by atoms with van der Waals surface area (Å²) < 4.78 is 5.94. The third-order valence-electron chi connectivity index (χ3n) is 5.94. The molecule has 0 unspecified atom stereocenters. The largest absolute Gasteiger partial charge is 0.487 e. The van der Waals surface area contributed by atoms with E-state index in [0.717, 1.165) is 53.6 Å². The molecule has 166 valence electrons. The Morgan fingerprint density at radius 3 is 2.56 bits per heavy atom. The molecular formula is C26H28N2O4. The Balaban J connectivity index is 1.45. The van der Waals surface area contributed by atoms with Gasteiger partial charge in [-0.05, 0) is 49.6 Å². The first-order chi connectivity index (χ1) is 15.6. The predicted molar refractivity (Wildman–Crippen MR) is 124 cm³/mol. The first-order valence-electron chi connectivity index (χ1n) is 11.1. The van der Waals surface area contributed by atoms with Gasteiger partial charge in [0.2, 0.25) is 0 Å². The molecule has 1 fully saturated rings. The number of benzene rings is 2. The van der Waals surface area contributed by atoms with Crippen molar-refractivity contribution in [2.45, 2.75) is 51.7 Å². The van der Waals surface area contributed by atoms with Crippen LogP contribution in [0.25, 0.3) is 10.9 Å². The number of oxime groups is 1. The molecule has 1 aliphatic carbocycles. The lowest BCUT2D eigenvalue weighted by molar-refractivity contribution is -0.129. The van der Waals surface area contributed by atoms with E-state index in [4.69, 9.17) is 14.7 Å². The summed E-state index contributed by atoms with van der Waals surface area (Å²) in [6.07, 6.45) is 5.39. The molecule has 1 saturated carbocycles. The second-order valence-corrected chi connectivity index (χ2v) is 8.26. The van der Waals surface area contributed by atoms with Crippen molar-refractivity contribution in [1.29, 1.82) is 0 Å². The van der Waals surface area contributed by atoms with Crippen LogP contribution in [0.3, 0.4) is 0 Å². The van der Waals surface area contributed by atoms with E-state index < -0.39 is 5.97 Å². The zero-order valence-electron chi connectivity index (χ0n) is 18.2. The first kappa shape index (κ1) is 21.8. The van der Waals surface area contributed by atoms with Gasteiger partial charge in [-0.2, -0.15) is 0 Å². The van der Waals surface area contributed by atoms with Gasteiger partial charge in [-0.15, -0.1) is 0 Å². The summed E-state index contributed by atoms with van der Waals surface area (Å²) in [6.45, 7) is 1.83. The second kappa shape index (κ2) is 10.3. The van der Waals surface area contributed by atoms with Gasteiger partial charge < -0.3 is 14.7 Å². The lowest BCUT2D eigenvalue weighted by atomic mass is 9.83. The maximum Gasteiger partial charge on any atom is 0.353 e. The minimum Gasteiger partial charge on any atom is -0.487 e. The van der Waals surface area contributed by atoms with Crippen molar-refractivity contribution in [3.05, 3.63) is 71.9 Å². The van der Waals surface area contributed by atoms with Crippen molar-refractivity contribution in [1.82, 2.24) is 4.98 Å². The van der Waals surface area contributed by atoms with Gasteiger partial charge in [0.25, 0.3) is 0 Å². The van der Waals surface area contributed by atoms with E-state index >= 15 is 0 Å². The molecule has 1 aliphatic rings. The van der Waals surface area contributed by atoms with Crippen molar-refractivity contribution >= 4 is 22.6 Å². The third-order valence-corrected chi connectivity index (χ3v) is 5.94. The first-order valence-corrected chi connectivity index (χ1v) is 11.1. The number of para-hydroxylation sites is 1. The Morgan fingerprint density at radius 1 is 1.06 bits per heavy atom. The van der Waals surface area contributed by atoms with Crippen molar-refractivity contribution < 1.29 is 19.5 Å². The average Bonchev–Trinajstić information content (AvgIpc) is 2.84. The molecule has 1 atom stereocenters. The smallest absolute Gasteiger partial charge is 0.353 e. The standard InChI is InChI=1S/C26H28N2O4/c1-18(26(29)30)28-32-25(20-8-3-2-4-9-20)21-12-15-23(16-13-21)31-17-22-14-11-19-7-5-6-10-24(19)27-22/h5-7,10-16,20,25H,2-4,8-9,17H2,1H3,(H,29,30)/b28-18+/t25-/m1/s1. The Hall–Kier alpha value is -3.41. The fourth-order valence-electron chi connectivity index (χ4n) is 4.13. The molecule has 1 N–H and O–H groups in total. The van der Waals surface area contributed by atoms with Gasteiger partial charge >= 0.3 is 5.97 Å². The number of pyridine rings is 1. The van der Waals surface area contributed by atoms with Crippen LogP contribution in [0, 0.1) is 5.92 Å². The highest BCUT2D eigenvalue weighted by Crippen LogP contribution is 2.37. The Kier molecular flexibility index (Phi) is 7.00. The molecule has 6 nitrogen and oxygen atoms in total. The maximum absolute atomic E-state index is 11.1. The molecule has 4 rings (SSSR count). The molecule has 32 heavy (non-hydrogen) atoms. The number of carbonyl (C=O) groups is 1. The van der Waals surface area contributed by atoms with Gasteiger partial charge in [0, 0.05) is 11.3 Å². The van der Waals surface area contributed by atoms with Gasteiger partial charge in [-0.1, -0.05) is 60.8 Å². The Labute approximate surface area is 187 Å². The summed E-state index contributed by atoms with van der Waals surface area (Å²) in [4.78, 5) is 21.5. The summed E-state index contributed by atoms with van der Waals surface area (Å²) in [5, 5.41) is 14.1. The van der Waals surface area contributed by atoms with Gasteiger partial charge in [-0.25, -0.2) is 9.78 Å². The summed E-state index contributed by atoms with van der Waals surface area (Å²) >= 11 is 0. The summed E-state index contributed by atoms with van der Waals surface area (Å²) in [5.41, 5.74) is 2.76. The van der Waals surface area contributed by atoms with E-state index in [1.54, 1.807) is 0 Å². The highest BCUT2D eigenvalue weighted by Gasteiger charge is 2.27. The SMILES string of the molecule is C/C(=N\O[C@@H](c1ccc(OCc2ccc3ccccc3n2)cc1)C1CCCCC1)C(=O)O. The molecule has 0 radical (unpaired) electrons. The highest BCUT2D eigenvalue weighted by molar-refractivity contribution is 6.34. The normalized spacial score (nSPS) is 16.0. The number of hydrogen-bond donors (Lipinski definition) is 1. The zero-order chi connectivity index (χ0) is 22.3. The van der Waals surface area contributed by atoms with Crippen LogP contribution in [0.1, 0.15) is 56.4 Å². The van der Waals surface area contributed by atoms with Crippen LogP contribution in [0.4, 0.5) is 0 Å². The van der Waals surface area contributed by atoms with E-state index in [1.807, 2.05) is 54.6 Å². The lowest BCUT2D eigenvalue weighted by Crippen LogP contribution is -2.19. The summed E-state index contributed by atoms with van der Waals surface area (Å²) in [7, 11) is 0. The predicted octanol–water partition coefficient (Wildman–Crippen LogP) is 5.91. The molecule has 0 aliphatic heterocycles. The van der Waals surface area contributed by atoms with Gasteiger partial charge in [-0.3, -0.25) is 0 Å². The van der Waals surface area contributed by atoms with Crippen molar-refractivity contribution in [2.24, 2.45) is 11.1 Å². The molecule has 0 amide bonds. The molecule has 0 saturated heterocycles. The monoisotopic (exact) mass is 432 g/mol. The van der Waals surface area contributed by atoms with Gasteiger partial charge in [0.1, 0.15) is 12.4 Å². The van der Waals surface area contributed by atoms with E-state index in [-0.39, 0.29) is 11.8 Å². The van der Waals surface area contributed by atoms with Crippen LogP contribution in [0.2, 0.25) is 0 Å². The fourth-order valence-corrected chi connectivity index (χ4v) is 4.13. The molecule has 2 aromatic carbocycles. The third kappa shape index (κ3) is 5.44. The van der Waals surface area contributed by atoms with Crippen molar-refractivity contribution in [3.63, 3.8) is 0 Å². The molecule has 1 heterocycles. The zero-order valence-corrected chi connectivity index (χ0v) is 18.2. The van der Waals surface area contributed by atoms with Crippen LogP contribution in [-0.4, -0.2) is 21.8 Å². The fraction of sp³-hybridized carbons (Fsp3) is 0.346. The second-order valence-electron chi connectivity index (χ2n) is 8.26.